The molecule has 5 nitrogen and oxygen atoms in total. The molecule has 0 aliphatic heterocycles. The summed E-state index contributed by atoms with van der Waals surface area (Å²) < 4.78 is 1.67. The van der Waals surface area contributed by atoms with Crippen LogP contribution in [0.25, 0.3) is 10.9 Å². The number of aryl methyl sites for hydroxylation is 1. The van der Waals surface area contributed by atoms with Crippen molar-refractivity contribution in [3.05, 3.63) is 60.0 Å². The van der Waals surface area contributed by atoms with E-state index in [1.165, 1.54) is 0 Å². The highest BCUT2D eigenvalue weighted by Gasteiger charge is 2.15. The van der Waals surface area contributed by atoms with Gasteiger partial charge < -0.3 is 5.32 Å². The van der Waals surface area contributed by atoms with Gasteiger partial charge in [-0.25, -0.2) is 0 Å². The van der Waals surface area contributed by atoms with Crippen LogP contribution in [0.1, 0.15) is 24.2 Å². The molecule has 1 amide bonds. The molecule has 22 heavy (non-hydrogen) atoms. The third-order valence-electron chi connectivity index (χ3n) is 3.61. The van der Waals surface area contributed by atoms with E-state index in [-0.39, 0.29) is 11.9 Å². The predicted molar refractivity (Wildman–Crippen MR) is 85.3 cm³/mol. The summed E-state index contributed by atoms with van der Waals surface area (Å²) in [6, 6.07) is 11.5. The van der Waals surface area contributed by atoms with Gasteiger partial charge >= 0.3 is 0 Å². The van der Waals surface area contributed by atoms with E-state index in [1.54, 1.807) is 10.9 Å². The molecule has 1 atom stereocenters. The van der Waals surface area contributed by atoms with E-state index in [0.29, 0.717) is 6.54 Å². The summed E-state index contributed by atoms with van der Waals surface area (Å²) >= 11 is 0. The maximum absolute atomic E-state index is 12.2. The van der Waals surface area contributed by atoms with Crippen molar-refractivity contribution in [2.45, 2.75) is 26.4 Å². The van der Waals surface area contributed by atoms with Crippen LogP contribution in [-0.4, -0.2) is 20.7 Å². The summed E-state index contributed by atoms with van der Waals surface area (Å²) in [5.74, 6) is -0.0712. The number of para-hydroxylation sites is 1. The van der Waals surface area contributed by atoms with Crippen LogP contribution in [0.3, 0.4) is 0 Å². The molecule has 2 aromatic heterocycles. The molecule has 0 saturated heterocycles. The number of pyridine rings is 1. The Balaban J connectivity index is 1.66. The Hall–Kier alpha value is -2.69. The van der Waals surface area contributed by atoms with Crippen LogP contribution in [0.2, 0.25) is 0 Å². The topological polar surface area (TPSA) is 59.8 Å². The molecule has 5 heteroatoms. The number of amides is 1. The zero-order valence-corrected chi connectivity index (χ0v) is 12.7. The van der Waals surface area contributed by atoms with E-state index in [4.69, 9.17) is 0 Å². The van der Waals surface area contributed by atoms with E-state index in [9.17, 15) is 4.79 Å². The molecule has 2 heterocycles. The van der Waals surface area contributed by atoms with Crippen molar-refractivity contribution < 1.29 is 4.79 Å². The minimum Gasteiger partial charge on any atom is -0.349 e. The Labute approximate surface area is 129 Å². The van der Waals surface area contributed by atoms with E-state index in [0.717, 1.165) is 22.2 Å². The number of carbonyl (C=O) groups excluding carboxylic acids is 1. The second-order valence-electron chi connectivity index (χ2n) is 5.39. The Morgan fingerprint density at radius 1 is 1.27 bits per heavy atom. The van der Waals surface area contributed by atoms with Gasteiger partial charge in [-0.15, -0.1) is 0 Å². The first kappa shape index (κ1) is 14.3. The first-order chi connectivity index (χ1) is 10.6. The summed E-state index contributed by atoms with van der Waals surface area (Å²) in [6.45, 7) is 4.19. The first-order valence-corrected chi connectivity index (χ1v) is 7.26. The summed E-state index contributed by atoms with van der Waals surface area (Å²) in [5, 5.41) is 8.18. The highest BCUT2D eigenvalue weighted by molar-refractivity contribution is 5.80. The maximum Gasteiger partial charge on any atom is 0.244 e. The number of fused-ring (bicyclic) bond motifs is 1. The van der Waals surface area contributed by atoms with Crippen molar-refractivity contribution in [2.24, 2.45) is 0 Å². The number of aromatic nitrogens is 3. The van der Waals surface area contributed by atoms with E-state index >= 15 is 0 Å². The van der Waals surface area contributed by atoms with Crippen LogP contribution < -0.4 is 5.32 Å². The average Bonchev–Trinajstić information content (AvgIpc) is 2.98. The molecule has 1 unspecified atom stereocenters. The minimum atomic E-state index is -0.339. The van der Waals surface area contributed by atoms with Gasteiger partial charge in [0.05, 0.1) is 24.0 Å². The lowest BCUT2D eigenvalue weighted by Gasteiger charge is -2.12. The number of rotatable bonds is 4. The average molecular weight is 294 g/mol. The van der Waals surface area contributed by atoms with Crippen LogP contribution in [0.5, 0.6) is 0 Å². The van der Waals surface area contributed by atoms with Gasteiger partial charge in [0, 0.05) is 11.6 Å². The van der Waals surface area contributed by atoms with Gasteiger partial charge in [0.25, 0.3) is 0 Å². The van der Waals surface area contributed by atoms with Gasteiger partial charge in [-0.05, 0) is 31.5 Å². The predicted octanol–water partition coefficient (Wildman–Crippen LogP) is 2.62. The highest BCUT2D eigenvalue weighted by atomic mass is 16.2. The Morgan fingerprint density at radius 2 is 2.09 bits per heavy atom. The minimum absolute atomic E-state index is 0.0712. The molecular weight excluding hydrogens is 276 g/mol. The molecule has 0 spiro atoms. The maximum atomic E-state index is 12.2. The summed E-state index contributed by atoms with van der Waals surface area (Å²) in [5.41, 5.74) is 2.82. The van der Waals surface area contributed by atoms with Crippen LogP contribution in [0.15, 0.2) is 48.8 Å². The quantitative estimate of drug-likeness (QED) is 0.804. The fraction of sp³-hybridized carbons (Fsp3) is 0.235. The van der Waals surface area contributed by atoms with Crippen molar-refractivity contribution in [1.29, 1.82) is 0 Å². The monoisotopic (exact) mass is 294 g/mol. The van der Waals surface area contributed by atoms with Crippen molar-refractivity contribution in [3.63, 3.8) is 0 Å². The second-order valence-corrected chi connectivity index (χ2v) is 5.39. The summed E-state index contributed by atoms with van der Waals surface area (Å²) in [6.07, 6.45) is 3.60. The Bertz CT molecular complexity index is 809. The molecule has 0 aliphatic rings. The van der Waals surface area contributed by atoms with Gasteiger partial charge in [-0.3, -0.25) is 14.5 Å². The molecule has 3 rings (SSSR count). The van der Waals surface area contributed by atoms with E-state index in [1.807, 2.05) is 56.4 Å². The Kier molecular flexibility index (Phi) is 3.87. The number of hydrogen-bond acceptors (Lipinski definition) is 3. The number of carbonyl (C=O) groups is 1. The van der Waals surface area contributed by atoms with Crippen LogP contribution >= 0.6 is 0 Å². The molecule has 1 N–H and O–H groups in total. The third-order valence-corrected chi connectivity index (χ3v) is 3.61. The van der Waals surface area contributed by atoms with Gasteiger partial charge in [-0.1, -0.05) is 24.3 Å². The molecular formula is C17H18N4O. The molecule has 1 aromatic carbocycles. The molecule has 0 bridgehead atoms. The van der Waals surface area contributed by atoms with E-state index in [2.05, 4.69) is 15.4 Å². The normalized spacial score (nSPS) is 12.3. The molecule has 0 aliphatic carbocycles. The summed E-state index contributed by atoms with van der Waals surface area (Å²) in [7, 11) is 0. The SMILES string of the molecule is Cc1cnn(C(C)C(=O)NCc2ccc3ccccc3n2)c1. The highest BCUT2D eigenvalue weighted by Crippen LogP contribution is 2.12. The number of hydrogen-bond donors (Lipinski definition) is 1. The molecule has 0 fully saturated rings. The Morgan fingerprint density at radius 3 is 2.86 bits per heavy atom. The number of nitrogens with zero attached hydrogens (tertiary/aromatic N) is 3. The number of benzene rings is 1. The van der Waals surface area contributed by atoms with Crippen molar-refractivity contribution in [2.75, 3.05) is 0 Å². The van der Waals surface area contributed by atoms with Crippen LogP contribution in [0, 0.1) is 6.92 Å². The molecule has 0 saturated carbocycles. The fourth-order valence-electron chi connectivity index (χ4n) is 2.30. The standard InChI is InChI=1S/C17H18N4O/c1-12-9-19-21(11-12)13(2)17(22)18-10-15-8-7-14-5-3-4-6-16(14)20-15/h3-9,11,13H,10H2,1-2H3,(H,18,22). The van der Waals surface area contributed by atoms with Crippen LogP contribution in [0.4, 0.5) is 0 Å². The second kappa shape index (κ2) is 5.97. The van der Waals surface area contributed by atoms with Gasteiger partial charge in [0.15, 0.2) is 0 Å². The van der Waals surface area contributed by atoms with Gasteiger partial charge in [0.1, 0.15) is 6.04 Å². The lowest BCUT2D eigenvalue weighted by molar-refractivity contribution is -0.124. The van der Waals surface area contributed by atoms with Gasteiger partial charge in [0.2, 0.25) is 5.91 Å². The molecule has 3 aromatic rings. The van der Waals surface area contributed by atoms with E-state index < -0.39 is 0 Å². The molecule has 0 radical (unpaired) electrons. The zero-order valence-electron chi connectivity index (χ0n) is 12.7. The third kappa shape index (κ3) is 2.98. The van der Waals surface area contributed by atoms with Crippen molar-refractivity contribution in [1.82, 2.24) is 20.1 Å². The van der Waals surface area contributed by atoms with Crippen molar-refractivity contribution in [3.8, 4) is 0 Å². The molecule has 112 valence electrons. The smallest absolute Gasteiger partial charge is 0.244 e. The fourth-order valence-corrected chi connectivity index (χ4v) is 2.30. The summed E-state index contributed by atoms with van der Waals surface area (Å²) in [4.78, 5) is 16.7. The largest absolute Gasteiger partial charge is 0.349 e. The lowest BCUT2D eigenvalue weighted by atomic mass is 10.2. The van der Waals surface area contributed by atoms with Crippen LogP contribution in [-0.2, 0) is 11.3 Å². The zero-order chi connectivity index (χ0) is 15.5. The number of nitrogens with one attached hydrogen (secondary N) is 1. The van der Waals surface area contributed by atoms with Gasteiger partial charge in [-0.2, -0.15) is 5.10 Å². The first-order valence-electron chi connectivity index (χ1n) is 7.26. The van der Waals surface area contributed by atoms with Crippen molar-refractivity contribution >= 4 is 16.8 Å². The lowest BCUT2D eigenvalue weighted by Crippen LogP contribution is -2.31.